The van der Waals surface area contributed by atoms with E-state index >= 15 is 0 Å². The molecule has 1 aromatic heterocycles. The van der Waals surface area contributed by atoms with Crippen molar-refractivity contribution in [3.8, 4) is 5.75 Å². The minimum Gasteiger partial charge on any atom is -0.495 e. The van der Waals surface area contributed by atoms with E-state index < -0.39 is 0 Å². The maximum Gasteiger partial charge on any atom is 0.137 e. The SMILES string of the molecule is COc1ccc(Nc2cccc(N)n2)cc1Cl. The first kappa shape index (κ1) is 11.5. The zero-order valence-electron chi connectivity index (χ0n) is 9.27. The summed E-state index contributed by atoms with van der Waals surface area (Å²) in [7, 11) is 1.58. The van der Waals surface area contributed by atoms with E-state index in [1.54, 1.807) is 25.3 Å². The average Bonchev–Trinajstić information content (AvgIpc) is 2.29. The number of nitrogen functional groups attached to an aromatic ring is 1. The van der Waals surface area contributed by atoms with E-state index in [0.717, 1.165) is 5.69 Å². The maximum absolute atomic E-state index is 6.02. The summed E-state index contributed by atoms with van der Waals surface area (Å²) >= 11 is 6.02. The number of nitrogens with two attached hydrogens (primary N) is 1. The Labute approximate surface area is 104 Å². The minimum atomic E-state index is 0.467. The van der Waals surface area contributed by atoms with E-state index in [1.165, 1.54) is 0 Å². The third kappa shape index (κ3) is 2.79. The van der Waals surface area contributed by atoms with Crippen molar-refractivity contribution < 1.29 is 4.74 Å². The van der Waals surface area contributed by atoms with Crippen LogP contribution >= 0.6 is 11.6 Å². The Morgan fingerprint density at radius 1 is 1.29 bits per heavy atom. The van der Waals surface area contributed by atoms with Crippen LogP contribution in [-0.2, 0) is 0 Å². The van der Waals surface area contributed by atoms with E-state index in [2.05, 4.69) is 10.3 Å². The lowest BCUT2D eigenvalue weighted by Crippen LogP contribution is -1.96. The van der Waals surface area contributed by atoms with Gasteiger partial charge in [-0.15, -0.1) is 0 Å². The molecule has 0 fully saturated rings. The molecule has 88 valence electrons. The molecule has 1 aromatic carbocycles. The van der Waals surface area contributed by atoms with Crippen LogP contribution in [0.5, 0.6) is 5.75 Å². The van der Waals surface area contributed by atoms with Crippen LogP contribution in [0.2, 0.25) is 5.02 Å². The number of methoxy groups -OCH3 is 1. The summed E-state index contributed by atoms with van der Waals surface area (Å²) < 4.78 is 5.07. The highest BCUT2D eigenvalue weighted by Gasteiger charge is 2.02. The van der Waals surface area contributed by atoms with Crippen molar-refractivity contribution in [2.45, 2.75) is 0 Å². The molecule has 0 aliphatic carbocycles. The topological polar surface area (TPSA) is 60.2 Å². The fourth-order valence-electron chi connectivity index (χ4n) is 1.41. The zero-order valence-corrected chi connectivity index (χ0v) is 10.0. The van der Waals surface area contributed by atoms with Crippen LogP contribution in [0, 0.1) is 0 Å². The van der Waals surface area contributed by atoms with Crippen molar-refractivity contribution in [2.75, 3.05) is 18.2 Å². The van der Waals surface area contributed by atoms with Crippen LogP contribution in [0.1, 0.15) is 0 Å². The van der Waals surface area contributed by atoms with E-state index in [9.17, 15) is 0 Å². The third-order valence-electron chi connectivity index (χ3n) is 2.19. The van der Waals surface area contributed by atoms with Crippen LogP contribution in [-0.4, -0.2) is 12.1 Å². The van der Waals surface area contributed by atoms with Gasteiger partial charge >= 0.3 is 0 Å². The maximum atomic E-state index is 6.02. The number of nitrogens with zero attached hydrogens (tertiary/aromatic N) is 1. The van der Waals surface area contributed by atoms with Gasteiger partial charge in [-0.3, -0.25) is 0 Å². The van der Waals surface area contributed by atoms with Gasteiger partial charge in [0.1, 0.15) is 17.4 Å². The fraction of sp³-hybridized carbons (Fsp3) is 0.0833. The third-order valence-corrected chi connectivity index (χ3v) is 2.49. The van der Waals surface area contributed by atoms with Gasteiger partial charge in [0.25, 0.3) is 0 Å². The molecule has 0 unspecified atom stereocenters. The predicted octanol–water partition coefficient (Wildman–Crippen LogP) is 3.07. The normalized spacial score (nSPS) is 10.0. The molecule has 4 nitrogen and oxygen atoms in total. The predicted molar refractivity (Wildman–Crippen MR) is 69.9 cm³/mol. The number of hydrogen-bond donors (Lipinski definition) is 2. The molecule has 0 aliphatic rings. The molecule has 0 saturated heterocycles. The highest BCUT2D eigenvalue weighted by atomic mass is 35.5. The van der Waals surface area contributed by atoms with Gasteiger partial charge < -0.3 is 15.8 Å². The minimum absolute atomic E-state index is 0.467. The van der Waals surface area contributed by atoms with E-state index in [1.807, 2.05) is 18.2 Å². The summed E-state index contributed by atoms with van der Waals surface area (Å²) in [5.41, 5.74) is 6.42. The second-order valence-electron chi connectivity index (χ2n) is 3.42. The molecule has 1 heterocycles. The lowest BCUT2D eigenvalue weighted by atomic mass is 10.3. The van der Waals surface area contributed by atoms with Crippen molar-refractivity contribution in [3.63, 3.8) is 0 Å². The van der Waals surface area contributed by atoms with Gasteiger partial charge in [0.15, 0.2) is 0 Å². The number of rotatable bonds is 3. The highest BCUT2D eigenvalue weighted by Crippen LogP contribution is 2.28. The van der Waals surface area contributed by atoms with Gasteiger partial charge in [0.05, 0.1) is 12.1 Å². The molecule has 0 aliphatic heterocycles. The molecule has 0 atom stereocenters. The Bertz CT molecular complexity index is 531. The summed E-state index contributed by atoms with van der Waals surface area (Å²) in [6.45, 7) is 0. The molecule has 0 saturated carbocycles. The highest BCUT2D eigenvalue weighted by molar-refractivity contribution is 6.32. The standard InChI is InChI=1S/C12H12ClN3O/c1-17-10-6-5-8(7-9(10)13)15-12-4-2-3-11(14)16-12/h2-7H,1H3,(H3,14,15,16). The summed E-state index contributed by atoms with van der Waals surface area (Å²) in [5, 5.41) is 3.65. The van der Waals surface area contributed by atoms with Crippen molar-refractivity contribution in [1.82, 2.24) is 4.98 Å². The largest absolute Gasteiger partial charge is 0.495 e. The monoisotopic (exact) mass is 249 g/mol. The molecular weight excluding hydrogens is 238 g/mol. The van der Waals surface area contributed by atoms with Crippen LogP contribution < -0.4 is 15.8 Å². The van der Waals surface area contributed by atoms with Crippen molar-refractivity contribution in [1.29, 1.82) is 0 Å². The average molecular weight is 250 g/mol. The first-order chi connectivity index (χ1) is 8.19. The molecule has 0 radical (unpaired) electrons. The van der Waals surface area contributed by atoms with Gasteiger partial charge in [-0.25, -0.2) is 4.98 Å². The molecule has 17 heavy (non-hydrogen) atoms. The van der Waals surface area contributed by atoms with Gasteiger partial charge in [-0.05, 0) is 30.3 Å². The van der Waals surface area contributed by atoms with Crippen LogP contribution in [0.25, 0.3) is 0 Å². The van der Waals surface area contributed by atoms with Gasteiger partial charge in [0.2, 0.25) is 0 Å². The molecule has 0 amide bonds. The number of ether oxygens (including phenoxy) is 1. The van der Waals surface area contributed by atoms with Gasteiger partial charge in [-0.2, -0.15) is 0 Å². The number of aromatic nitrogens is 1. The van der Waals surface area contributed by atoms with Crippen LogP contribution in [0.3, 0.4) is 0 Å². The number of hydrogen-bond acceptors (Lipinski definition) is 4. The van der Waals surface area contributed by atoms with Gasteiger partial charge in [0, 0.05) is 5.69 Å². The van der Waals surface area contributed by atoms with Gasteiger partial charge in [-0.1, -0.05) is 17.7 Å². The van der Waals surface area contributed by atoms with E-state index in [0.29, 0.717) is 22.4 Å². The van der Waals surface area contributed by atoms with Crippen molar-refractivity contribution in [2.24, 2.45) is 0 Å². The number of halogens is 1. The summed E-state index contributed by atoms with van der Waals surface area (Å²) in [6.07, 6.45) is 0. The van der Waals surface area contributed by atoms with E-state index in [4.69, 9.17) is 22.1 Å². The zero-order chi connectivity index (χ0) is 12.3. The lowest BCUT2D eigenvalue weighted by molar-refractivity contribution is 0.415. The molecule has 2 aromatic rings. The Hall–Kier alpha value is -1.94. The molecule has 0 bridgehead atoms. The summed E-state index contributed by atoms with van der Waals surface area (Å²) in [5.74, 6) is 1.78. The number of anilines is 3. The fourth-order valence-corrected chi connectivity index (χ4v) is 1.67. The van der Waals surface area contributed by atoms with Crippen LogP contribution in [0.15, 0.2) is 36.4 Å². The Morgan fingerprint density at radius 2 is 2.12 bits per heavy atom. The lowest BCUT2D eigenvalue weighted by Gasteiger charge is -2.08. The van der Waals surface area contributed by atoms with Crippen molar-refractivity contribution >= 4 is 28.9 Å². The summed E-state index contributed by atoms with van der Waals surface area (Å²) in [4.78, 5) is 4.13. The quantitative estimate of drug-likeness (QED) is 0.878. The molecule has 2 rings (SSSR count). The Kier molecular flexibility index (Phi) is 3.35. The molecule has 0 spiro atoms. The Morgan fingerprint density at radius 3 is 2.76 bits per heavy atom. The smallest absolute Gasteiger partial charge is 0.137 e. The summed E-state index contributed by atoms with van der Waals surface area (Å²) in [6, 6.07) is 10.8. The Balaban J connectivity index is 2.22. The molecule has 5 heteroatoms. The first-order valence-electron chi connectivity index (χ1n) is 5.02. The number of nitrogens with one attached hydrogen (secondary N) is 1. The number of benzene rings is 1. The van der Waals surface area contributed by atoms with Crippen LogP contribution in [0.4, 0.5) is 17.3 Å². The molecule has 3 N–H and O–H groups in total. The number of pyridine rings is 1. The van der Waals surface area contributed by atoms with Crippen molar-refractivity contribution in [3.05, 3.63) is 41.4 Å². The van der Waals surface area contributed by atoms with E-state index in [-0.39, 0.29) is 0 Å². The first-order valence-corrected chi connectivity index (χ1v) is 5.40. The molecular formula is C12H12ClN3O. The second-order valence-corrected chi connectivity index (χ2v) is 3.83. The second kappa shape index (κ2) is 4.93.